The summed E-state index contributed by atoms with van der Waals surface area (Å²) in [4.78, 5) is 28.8. The third kappa shape index (κ3) is 4.97. The summed E-state index contributed by atoms with van der Waals surface area (Å²) in [5, 5.41) is 3.05. The van der Waals surface area contributed by atoms with Crippen molar-refractivity contribution >= 4 is 23.2 Å². The zero-order valence-electron chi connectivity index (χ0n) is 17.8. The van der Waals surface area contributed by atoms with Crippen molar-refractivity contribution in [1.29, 1.82) is 0 Å². The van der Waals surface area contributed by atoms with Gasteiger partial charge in [-0.3, -0.25) is 9.59 Å². The molecule has 0 radical (unpaired) electrons. The van der Waals surface area contributed by atoms with Crippen LogP contribution in [0.25, 0.3) is 0 Å². The first-order valence-corrected chi connectivity index (χ1v) is 10.3. The Labute approximate surface area is 173 Å². The number of nitrogens with one attached hydrogen (secondary N) is 1. The minimum Gasteiger partial charge on any atom is -0.377 e. The maximum Gasteiger partial charge on any atom is 0.227 e. The molecule has 1 aliphatic rings. The van der Waals surface area contributed by atoms with Crippen molar-refractivity contribution in [1.82, 2.24) is 4.90 Å². The van der Waals surface area contributed by atoms with Gasteiger partial charge in [0.2, 0.25) is 11.8 Å². The minimum absolute atomic E-state index is 0.0231. The van der Waals surface area contributed by atoms with Crippen molar-refractivity contribution in [2.45, 2.75) is 45.7 Å². The Morgan fingerprint density at radius 1 is 1.10 bits per heavy atom. The van der Waals surface area contributed by atoms with Crippen molar-refractivity contribution in [2.75, 3.05) is 24.3 Å². The molecule has 1 atom stereocenters. The normalized spacial score (nSPS) is 14.6. The molecule has 154 valence electrons. The van der Waals surface area contributed by atoms with Crippen LogP contribution in [-0.4, -0.2) is 30.8 Å². The van der Waals surface area contributed by atoms with Crippen LogP contribution in [0.1, 0.15) is 50.3 Å². The van der Waals surface area contributed by atoms with Gasteiger partial charge < -0.3 is 15.1 Å². The van der Waals surface area contributed by atoms with E-state index in [4.69, 9.17) is 0 Å². The van der Waals surface area contributed by atoms with E-state index in [-0.39, 0.29) is 23.8 Å². The fraction of sp³-hybridized carbons (Fsp3) is 0.417. The number of benzene rings is 2. The van der Waals surface area contributed by atoms with Gasteiger partial charge in [0.25, 0.3) is 0 Å². The summed E-state index contributed by atoms with van der Waals surface area (Å²) in [6, 6.07) is 16.0. The van der Waals surface area contributed by atoms with Crippen LogP contribution < -0.4 is 10.2 Å². The predicted octanol–water partition coefficient (Wildman–Crippen LogP) is 4.60. The van der Waals surface area contributed by atoms with E-state index in [2.05, 4.69) is 5.32 Å². The highest BCUT2D eigenvalue weighted by Gasteiger charge is 2.26. The fourth-order valence-corrected chi connectivity index (χ4v) is 3.76. The van der Waals surface area contributed by atoms with Gasteiger partial charge in [-0.2, -0.15) is 0 Å². The van der Waals surface area contributed by atoms with E-state index in [1.165, 1.54) is 0 Å². The quantitative estimate of drug-likeness (QED) is 0.748. The maximum atomic E-state index is 12.5. The van der Waals surface area contributed by atoms with E-state index < -0.39 is 0 Å². The zero-order chi connectivity index (χ0) is 21.0. The van der Waals surface area contributed by atoms with Crippen molar-refractivity contribution in [3.8, 4) is 0 Å². The van der Waals surface area contributed by atoms with E-state index in [0.717, 1.165) is 41.8 Å². The van der Waals surface area contributed by atoms with E-state index >= 15 is 0 Å². The molecule has 0 saturated heterocycles. The number of anilines is 2. The monoisotopic (exact) mass is 393 g/mol. The Hall–Kier alpha value is -2.82. The second-order valence-electron chi connectivity index (χ2n) is 8.09. The number of amides is 2. The summed E-state index contributed by atoms with van der Waals surface area (Å²) in [6.45, 7) is 4.14. The molecular formula is C24H31N3O2. The molecule has 3 rings (SSSR count). The van der Waals surface area contributed by atoms with Gasteiger partial charge in [0.15, 0.2) is 0 Å². The van der Waals surface area contributed by atoms with E-state index in [1.54, 1.807) is 6.92 Å². The molecule has 1 aliphatic carbocycles. The average molecular weight is 394 g/mol. The Balaban J connectivity index is 1.86. The molecule has 0 spiro atoms. The third-order valence-electron chi connectivity index (χ3n) is 5.80. The summed E-state index contributed by atoms with van der Waals surface area (Å²) in [7, 11) is 3.98. The number of carbonyl (C=O) groups is 2. The highest BCUT2D eigenvalue weighted by molar-refractivity contribution is 5.93. The van der Waals surface area contributed by atoms with Crippen molar-refractivity contribution in [3.05, 3.63) is 59.7 Å². The second kappa shape index (κ2) is 9.12. The zero-order valence-corrected chi connectivity index (χ0v) is 17.8. The van der Waals surface area contributed by atoms with Crippen LogP contribution in [0.15, 0.2) is 48.5 Å². The van der Waals surface area contributed by atoms with Gasteiger partial charge in [0, 0.05) is 44.9 Å². The topological polar surface area (TPSA) is 52.7 Å². The lowest BCUT2D eigenvalue weighted by molar-refractivity contribution is -0.131. The molecular weight excluding hydrogens is 362 g/mol. The summed E-state index contributed by atoms with van der Waals surface area (Å²) >= 11 is 0. The van der Waals surface area contributed by atoms with Crippen molar-refractivity contribution in [3.63, 3.8) is 0 Å². The standard InChI is InChI=1S/C24H31N3O2/c1-17(19-9-6-5-7-10-19)27(18(2)28)16-21-15-22(13-14-23(21)26(3)4)25-24(29)20-11-8-12-20/h5-7,9-10,13-15,17,20H,8,11-12,16H2,1-4H3,(H,25,29)/t17-/m1/s1. The maximum absolute atomic E-state index is 12.5. The van der Waals surface area contributed by atoms with Crippen molar-refractivity contribution < 1.29 is 9.59 Å². The Kier molecular flexibility index (Phi) is 6.57. The number of carbonyl (C=O) groups excluding carboxylic acids is 2. The number of nitrogens with zero attached hydrogens (tertiary/aromatic N) is 2. The van der Waals surface area contributed by atoms with Crippen LogP contribution >= 0.6 is 0 Å². The molecule has 2 aromatic carbocycles. The largest absolute Gasteiger partial charge is 0.377 e. The first-order chi connectivity index (χ1) is 13.9. The van der Waals surface area contributed by atoms with Gasteiger partial charge in [-0.15, -0.1) is 0 Å². The third-order valence-corrected chi connectivity index (χ3v) is 5.80. The van der Waals surface area contributed by atoms with Crippen LogP contribution in [0.3, 0.4) is 0 Å². The fourth-order valence-electron chi connectivity index (χ4n) is 3.76. The molecule has 29 heavy (non-hydrogen) atoms. The molecule has 5 heteroatoms. The highest BCUT2D eigenvalue weighted by Crippen LogP contribution is 2.31. The van der Waals surface area contributed by atoms with Gasteiger partial charge in [-0.1, -0.05) is 36.8 Å². The van der Waals surface area contributed by atoms with Crippen LogP contribution in [0.5, 0.6) is 0 Å². The molecule has 0 unspecified atom stereocenters. The molecule has 0 heterocycles. The number of hydrogen-bond donors (Lipinski definition) is 1. The van der Waals surface area contributed by atoms with Crippen LogP contribution in [0, 0.1) is 5.92 Å². The van der Waals surface area contributed by atoms with E-state index in [9.17, 15) is 9.59 Å². The predicted molar refractivity (Wildman–Crippen MR) is 118 cm³/mol. The van der Waals surface area contributed by atoms with Crippen LogP contribution in [0.4, 0.5) is 11.4 Å². The molecule has 5 nitrogen and oxygen atoms in total. The summed E-state index contributed by atoms with van der Waals surface area (Å²) < 4.78 is 0. The lowest BCUT2D eigenvalue weighted by Crippen LogP contribution is -2.32. The van der Waals surface area contributed by atoms with E-state index in [0.29, 0.717) is 6.54 Å². The second-order valence-corrected chi connectivity index (χ2v) is 8.09. The van der Waals surface area contributed by atoms with Gasteiger partial charge >= 0.3 is 0 Å². The Bertz CT molecular complexity index is 860. The number of hydrogen-bond acceptors (Lipinski definition) is 3. The first-order valence-electron chi connectivity index (χ1n) is 10.3. The SMILES string of the molecule is CC(=O)N(Cc1cc(NC(=O)C2CCC2)ccc1N(C)C)[C@H](C)c1ccccc1. The van der Waals surface area contributed by atoms with Gasteiger partial charge in [-0.25, -0.2) is 0 Å². The van der Waals surface area contributed by atoms with Gasteiger partial charge in [0.05, 0.1) is 6.04 Å². The molecule has 1 N–H and O–H groups in total. The molecule has 0 bridgehead atoms. The summed E-state index contributed by atoms with van der Waals surface area (Å²) in [5.41, 5.74) is 3.94. The van der Waals surface area contributed by atoms with Gasteiger partial charge in [-0.05, 0) is 49.1 Å². The summed E-state index contributed by atoms with van der Waals surface area (Å²) in [5.74, 6) is 0.259. The molecule has 0 aliphatic heterocycles. The Morgan fingerprint density at radius 3 is 2.34 bits per heavy atom. The number of rotatable bonds is 7. The molecule has 1 saturated carbocycles. The Morgan fingerprint density at radius 2 is 1.79 bits per heavy atom. The smallest absolute Gasteiger partial charge is 0.227 e. The minimum atomic E-state index is -0.0445. The first kappa shape index (κ1) is 20.9. The molecule has 0 aromatic heterocycles. The molecule has 2 amide bonds. The average Bonchev–Trinajstić information content (AvgIpc) is 2.64. The van der Waals surface area contributed by atoms with E-state index in [1.807, 2.05) is 79.3 Å². The molecule has 2 aromatic rings. The van der Waals surface area contributed by atoms with Crippen LogP contribution in [0.2, 0.25) is 0 Å². The van der Waals surface area contributed by atoms with Gasteiger partial charge in [0.1, 0.15) is 0 Å². The lowest BCUT2D eigenvalue weighted by Gasteiger charge is -2.31. The summed E-state index contributed by atoms with van der Waals surface area (Å²) in [6.07, 6.45) is 3.08. The molecule has 1 fully saturated rings. The van der Waals surface area contributed by atoms with Crippen LogP contribution in [-0.2, 0) is 16.1 Å². The van der Waals surface area contributed by atoms with Crippen molar-refractivity contribution in [2.24, 2.45) is 5.92 Å². The highest BCUT2D eigenvalue weighted by atomic mass is 16.2. The lowest BCUT2D eigenvalue weighted by atomic mass is 9.85.